The average Bonchev–Trinajstić information content (AvgIpc) is 2.73. The van der Waals surface area contributed by atoms with E-state index in [2.05, 4.69) is 55.4 Å². The van der Waals surface area contributed by atoms with Crippen LogP contribution in [0.25, 0.3) is 22.3 Å². The van der Waals surface area contributed by atoms with Crippen molar-refractivity contribution in [1.29, 1.82) is 0 Å². The summed E-state index contributed by atoms with van der Waals surface area (Å²) in [7, 11) is 6.07. The molecule has 0 heterocycles. The molecule has 1 aliphatic rings. The molecule has 0 spiro atoms. The molecule has 29 heavy (non-hydrogen) atoms. The van der Waals surface area contributed by atoms with Crippen LogP contribution in [-0.4, -0.2) is 32.6 Å². The van der Waals surface area contributed by atoms with E-state index < -0.39 is 0 Å². The first-order valence-corrected chi connectivity index (χ1v) is 10.2. The highest BCUT2D eigenvalue weighted by atomic mass is 19.1. The van der Waals surface area contributed by atoms with Gasteiger partial charge in [-0.1, -0.05) is 54.6 Å². The summed E-state index contributed by atoms with van der Waals surface area (Å²) < 4.78 is 19.3. The number of benzene rings is 3. The van der Waals surface area contributed by atoms with Gasteiger partial charge in [0.05, 0.1) is 6.10 Å². The Bertz CT molecular complexity index is 980. The van der Waals surface area contributed by atoms with Crippen molar-refractivity contribution in [2.45, 2.75) is 18.9 Å². The molecule has 3 aromatic carbocycles. The molecule has 2 nitrogen and oxygen atoms in total. The summed E-state index contributed by atoms with van der Waals surface area (Å²) in [5, 5.41) is 0. The van der Waals surface area contributed by atoms with E-state index in [0.717, 1.165) is 30.5 Å². The summed E-state index contributed by atoms with van der Waals surface area (Å²) in [6, 6.07) is 21.8. The van der Waals surface area contributed by atoms with Crippen LogP contribution in [-0.2, 0) is 11.2 Å². The van der Waals surface area contributed by atoms with Crippen molar-refractivity contribution >= 4 is 0 Å². The molecule has 0 fully saturated rings. The van der Waals surface area contributed by atoms with Gasteiger partial charge in [0.25, 0.3) is 0 Å². The number of rotatable bonds is 5. The van der Waals surface area contributed by atoms with E-state index >= 15 is 0 Å². The van der Waals surface area contributed by atoms with Crippen molar-refractivity contribution in [3.05, 3.63) is 83.7 Å². The Morgan fingerprint density at radius 1 is 0.931 bits per heavy atom. The Morgan fingerprint density at radius 2 is 1.59 bits per heavy atom. The van der Waals surface area contributed by atoms with E-state index in [1.54, 1.807) is 0 Å². The number of halogens is 1. The fraction of sp³-hybridized carbons (Fsp3) is 0.308. The first-order chi connectivity index (χ1) is 14.1. The molecule has 2 atom stereocenters. The van der Waals surface area contributed by atoms with Gasteiger partial charge < -0.3 is 9.64 Å². The van der Waals surface area contributed by atoms with Crippen molar-refractivity contribution in [3.63, 3.8) is 0 Å². The second-order valence-electron chi connectivity index (χ2n) is 8.18. The van der Waals surface area contributed by atoms with Crippen LogP contribution in [0.3, 0.4) is 0 Å². The summed E-state index contributed by atoms with van der Waals surface area (Å²) in [4.78, 5) is 2.25. The predicted molar refractivity (Wildman–Crippen MR) is 117 cm³/mol. The highest BCUT2D eigenvalue weighted by molar-refractivity contribution is 5.83. The fourth-order valence-electron chi connectivity index (χ4n) is 4.61. The largest absolute Gasteiger partial charge is 0.376 e. The summed E-state index contributed by atoms with van der Waals surface area (Å²) in [5.41, 5.74) is 7.21. The molecule has 4 rings (SSSR count). The van der Waals surface area contributed by atoms with Crippen molar-refractivity contribution in [3.8, 4) is 22.3 Å². The van der Waals surface area contributed by atoms with Gasteiger partial charge >= 0.3 is 0 Å². The number of fused-ring (bicyclic) bond motifs is 1. The predicted octanol–water partition coefficient (Wildman–Crippen LogP) is 5.97. The quantitative estimate of drug-likeness (QED) is 0.533. The number of hydrogen-bond acceptors (Lipinski definition) is 2. The normalized spacial score (nSPS) is 18.7. The zero-order valence-electron chi connectivity index (χ0n) is 17.4. The monoisotopic (exact) mass is 389 g/mol. The molecule has 0 saturated heterocycles. The molecule has 150 valence electrons. The molecule has 1 aliphatic carbocycles. The molecule has 0 aromatic heterocycles. The molecule has 0 aliphatic heterocycles. The zero-order chi connectivity index (χ0) is 20.4. The Balaban J connectivity index is 1.72. The molecule has 0 radical (unpaired) electrons. The van der Waals surface area contributed by atoms with Crippen LogP contribution in [0.2, 0.25) is 0 Å². The van der Waals surface area contributed by atoms with Crippen LogP contribution < -0.4 is 0 Å². The molecule has 2 unspecified atom stereocenters. The van der Waals surface area contributed by atoms with Crippen LogP contribution in [0.4, 0.5) is 4.39 Å². The summed E-state index contributed by atoms with van der Waals surface area (Å²) in [5.74, 6) is 0.303. The maximum Gasteiger partial charge on any atom is 0.123 e. The number of methoxy groups -OCH3 is 1. The smallest absolute Gasteiger partial charge is 0.123 e. The topological polar surface area (TPSA) is 12.5 Å². The third-order valence-corrected chi connectivity index (χ3v) is 5.91. The van der Waals surface area contributed by atoms with E-state index in [1.165, 1.54) is 34.4 Å². The lowest BCUT2D eigenvalue weighted by Crippen LogP contribution is -2.31. The lowest BCUT2D eigenvalue weighted by molar-refractivity contribution is 0.0299. The minimum absolute atomic E-state index is 0.141. The zero-order valence-corrected chi connectivity index (χ0v) is 17.4. The van der Waals surface area contributed by atoms with E-state index in [0.29, 0.717) is 5.92 Å². The van der Waals surface area contributed by atoms with Gasteiger partial charge in [-0.05, 0) is 72.5 Å². The van der Waals surface area contributed by atoms with Crippen molar-refractivity contribution in [2.24, 2.45) is 5.92 Å². The van der Waals surface area contributed by atoms with Gasteiger partial charge in [0.15, 0.2) is 0 Å². The lowest BCUT2D eigenvalue weighted by Gasteiger charge is -2.34. The van der Waals surface area contributed by atoms with Crippen LogP contribution in [0.5, 0.6) is 0 Å². The number of hydrogen-bond donors (Lipinski definition) is 0. The highest BCUT2D eigenvalue weighted by Crippen LogP contribution is 2.40. The Labute approximate surface area is 172 Å². The van der Waals surface area contributed by atoms with Crippen molar-refractivity contribution in [1.82, 2.24) is 4.90 Å². The third-order valence-electron chi connectivity index (χ3n) is 5.91. The molecule has 0 N–H and O–H groups in total. The Morgan fingerprint density at radius 3 is 2.24 bits per heavy atom. The first kappa shape index (κ1) is 19.8. The number of nitrogens with zero attached hydrogens (tertiary/aromatic N) is 1. The SMILES string of the molecule is COC1c2ccc(-c3ccccc3-c3ccc(F)cc3)cc2CCC1CN(C)C. The van der Waals surface area contributed by atoms with E-state index in [1.807, 2.05) is 25.3 Å². The van der Waals surface area contributed by atoms with E-state index in [9.17, 15) is 4.39 Å². The molecule has 3 aromatic rings. The summed E-state index contributed by atoms with van der Waals surface area (Å²) in [6.07, 6.45) is 2.34. The molecule has 0 amide bonds. The van der Waals surface area contributed by atoms with Crippen LogP contribution >= 0.6 is 0 Å². The van der Waals surface area contributed by atoms with Gasteiger partial charge in [-0.3, -0.25) is 0 Å². The van der Waals surface area contributed by atoms with E-state index in [-0.39, 0.29) is 11.9 Å². The maximum atomic E-state index is 13.4. The van der Waals surface area contributed by atoms with Gasteiger partial charge in [0, 0.05) is 19.6 Å². The van der Waals surface area contributed by atoms with Crippen LogP contribution in [0.1, 0.15) is 23.7 Å². The van der Waals surface area contributed by atoms with Gasteiger partial charge in [0.2, 0.25) is 0 Å². The van der Waals surface area contributed by atoms with Crippen molar-refractivity contribution in [2.75, 3.05) is 27.7 Å². The van der Waals surface area contributed by atoms with Crippen LogP contribution in [0, 0.1) is 11.7 Å². The summed E-state index contributed by atoms with van der Waals surface area (Å²) >= 11 is 0. The van der Waals surface area contributed by atoms with Gasteiger partial charge in [-0.25, -0.2) is 4.39 Å². The molecule has 0 bridgehead atoms. The van der Waals surface area contributed by atoms with Crippen molar-refractivity contribution < 1.29 is 9.13 Å². The molecule has 0 saturated carbocycles. The highest BCUT2D eigenvalue weighted by Gasteiger charge is 2.30. The maximum absolute atomic E-state index is 13.4. The minimum atomic E-state index is -0.210. The molecule has 3 heteroatoms. The second-order valence-corrected chi connectivity index (χ2v) is 8.18. The van der Waals surface area contributed by atoms with Crippen LogP contribution in [0.15, 0.2) is 66.7 Å². The number of ether oxygens (including phenoxy) is 1. The van der Waals surface area contributed by atoms with E-state index in [4.69, 9.17) is 4.74 Å². The minimum Gasteiger partial charge on any atom is -0.376 e. The summed E-state index contributed by atoms with van der Waals surface area (Å²) in [6.45, 7) is 1.03. The standard InChI is InChI=1S/C26H28FNO/c1-28(2)17-21-9-8-20-16-19(12-15-25(20)26(21)29-3)24-7-5-4-6-23(24)18-10-13-22(27)14-11-18/h4-7,10-16,21,26H,8-9,17H2,1-3H3. The number of aryl methyl sites for hydroxylation is 1. The molecular weight excluding hydrogens is 361 g/mol. The second kappa shape index (κ2) is 8.48. The Kier molecular flexibility index (Phi) is 5.79. The van der Waals surface area contributed by atoms with Gasteiger partial charge in [0.1, 0.15) is 5.82 Å². The fourth-order valence-corrected chi connectivity index (χ4v) is 4.61. The first-order valence-electron chi connectivity index (χ1n) is 10.2. The van der Waals surface area contributed by atoms with Gasteiger partial charge in [-0.15, -0.1) is 0 Å². The average molecular weight is 390 g/mol. The third kappa shape index (κ3) is 4.12. The Hall–Kier alpha value is -2.49. The van der Waals surface area contributed by atoms with Gasteiger partial charge in [-0.2, -0.15) is 0 Å². The lowest BCUT2D eigenvalue weighted by atomic mass is 9.79. The molecular formula is C26H28FNO.